The fraction of sp³-hybridized carbons (Fsp3) is 0.364. The summed E-state index contributed by atoms with van der Waals surface area (Å²) in [7, 11) is 0. The molecule has 0 atom stereocenters. The number of nitrogens with zero attached hydrogens (tertiary/aromatic N) is 3. The molecule has 2 rings (SSSR count). The standard InChI is InChI=1S/C11H15N5O/c1-6-7(2)16(4-3-8(12)17)11-9(6)10(13)14-5-15-11/h5H,3-4H2,1-2H3,(H2,12,17)(H2,13,14,15). The molecular weight excluding hydrogens is 218 g/mol. The molecule has 0 saturated carbocycles. The van der Waals surface area contributed by atoms with Gasteiger partial charge in [0.05, 0.1) is 5.39 Å². The second kappa shape index (κ2) is 4.04. The van der Waals surface area contributed by atoms with Crippen molar-refractivity contribution in [3.63, 3.8) is 0 Å². The van der Waals surface area contributed by atoms with Crippen LogP contribution < -0.4 is 11.5 Å². The maximum absolute atomic E-state index is 10.8. The highest BCUT2D eigenvalue weighted by molar-refractivity contribution is 5.90. The van der Waals surface area contributed by atoms with E-state index >= 15 is 0 Å². The quantitative estimate of drug-likeness (QED) is 0.806. The van der Waals surface area contributed by atoms with Gasteiger partial charge in [0, 0.05) is 18.7 Å². The van der Waals surface area contributed by atoms with Gasteiger partial charge in [0.1, 0.15) is 17.8 Å². The second-order valence-corrected chi connectivity index (χ2v) is 4.04. The van der Waals surface area contributed by atoms with Crippen molar-refractivity contribution in [2.45, 2.75) is 26.8 Å². The van der Waals surface area contributed by atoms with Crippen LogP contribution in [0.2, 0.25) is 0 Å². The van der Waals surface area contributed by atoms with Crippen LogP contribution in [0.5, 0.6) is 0 Å². The zero-order valence-electron chi connectivity index (χ0n) is 9.90. The molecule has 0 spiro atoms. The number of carbonyl (C=O) groups excluding carboxylic acids is 1. The van der Waals surface area contributed by atoms with E-state index in [0.29, 0.717) is 12.4 Å². The van der Waals surface area contributed by atoms with Gasteiger partial charge in [-0.05, 0) is 19.4 Å². The summed E-state index contributed by atoms with van der Waals surface area (Å²) < 4.78 is 1.95. The number of nitrogens with two attached hydrogens (primary N) is 2. The molecule has 2 aromatic heterocycles. The Morgan fingerprint density at radius 3 is 2.76 bits per heavy atom. The normalized spacial score (nSPS) is 10.9. The van der Waals surface area contributed by atoms with Gasteiger partial charge in [0.25, 0.3) is 0 Å². The maximum Gasteiger partial charge on any atom is 0.219 e. The summed E-state index contributed by atoms with van der Waals surface area (Å²) in [6.07, 6.45) is 1.71. The zero-order valence-corrected chi connectivity index (χ0v) is 9.90. The smallest absolute Gasteiger partial charge is 0.219 e. The Morgan fingerprint density at radius 1 is 1.41 bits per heavy atom. The monoisotopic (exact) mass is 233 g/mol. The van der Waals surface area contributed by atoms with Crippen LogP contribution in [0.1, 0.15) is 17.7 Å². The molecule has 0 aliphatic rings. The van der Waals surface area contributed by atoms with Crippen LogP contribution in [0, 0.1) is 13.8 Å². The molecule has 2 heterocycles. The predicted octanol–water partition coefficient (Wildman–Crippen LogP) is 0.506. The summed E-state index contributed by atoms with van der Waals surface area (Å²) >= 11 is 0. The first kappa shape index (κ1) is 11.4. The zero-order chi connectivity index (χ0) is 12.6. The van der Waals surface area contributed by atoms with Crippen LogP contribution in [-0.2, 0) is 11.3 Å². The third-order valence-corrected chi connectivity index (χ3v) is 3.02. The van der Waals surface area contributed by atoms with Gasteiger partial charge in [0.15, 0.2) is 0 Å². The largest absolute Gasteiger partial charge is 0.383 e. The Balaban J connectivity index is 2.59. The van der Waals surface area contributed by atoms with Gasteiger partial charge in [0.2, 0.25) is 5.91 Å². The van der Waals surface area contributed by atoms with Crippen molar-refractivity contribution in [2.24, 2.45) is 5.73 Å². The Labute approximate surface area is 98.6 Å². The van der Waals surface area contributed by atoms with Crippen molar-refractivity contribution in [1.82, 2.24) is 14.5 Å². The summed E-state index contributed by atoms with van der Waals surface area (Å²) in [6.45, 7) is 4.46. The predicted molar refractivity (Wildman–Crippen MR) is 65.2 cm³/mol. The minimum Gasteiger partial charge on any atom is -0.383 e. The number of hydrogen-bond donors (Lipinski definition) is 2. The second-order valence-electron chi connectivity index (χ2n) is 4.04. The Morgan fingerprint density at radius 2 is 2.12 bits per heavy atom. The first-order valence-corrected chi connectivity index (χ1v) is 5.36. The van der Waals surface area contributed by atoms with E-state index in [-0.39, 0.29) is 12.3 Å². The molecule has 0 aliphatic carbocycles. The highest BCUT2D eigenvalue weighted by Gasteiger charge is 2.14. The van der Waals surface area contributed by atoms with E-state index in [1.165, 1.54) is 6.33 Å². The number of anilines is 1. The summed E-state index contributed by atoms with van der Waals surface area (Å²) in [5.41, 5.74) is 13.8. The molecule has 17 heavy (non-hydrogen) atoms. The van der Waals surface area contributed by atoms with Crippen LogP contribution in [0.3, 0.4) is 0 Å². The van der Waals surface area contributed by atoms with Crippen LogP contribution in [0.15, 0.2) is 6.33 Å². The van der Waals surface area contributed by atoms with Crippen molar-refractivity contribution in [3.05, 3.63) is 17.6 Å². The van der Waals surface area contributed by atoms with Crippen molar-refractivity contribution in [2.75, 3.05) is 5.73 Å². The van der Waals surface area contributed by atoms with Crippen molar-refractivity contribution >= 4 is 22.8 Å². The molecule has 0 saturated heterocycles. The lowest BCUT2D eigenvalue weighted by Gasteiger charge is -2.05. The average molecular weight is 233 g/mol. The lowest BCUT2D eigenvalue weighted by molar-refractivity contribution is -0.118. The molecule has 4 N–H and O–H groups in total. The fourth-order valence-corrected chi connectivity index (χ4v) is 1.99. The number of rotatable bonds is 3. The van der Waals surface area contributed by atoms with E-state index in [9.17, 15) is 4.79 Å². The lowest BCUT2D eigenvalue weighted by Crippen LogP contribution is -2.14. The number of aryl methyl sites for hydroxylation is 2. The van der Waals surface area contributed by atoms with Crippen LogP contribution in [0.25, 0.3) is 11.0 Å². The van der Waals surface area contributed by atoms with Crippen LogP contribution in [-0.4, -0.2) is 20.4 Å². The third kappa shape index (κ3) is 1.82. The van der Waals surface area contributed by atoms with Crippen LogP contribution in [0.4, 0.5) is 5.82 Å². The number of hydrogen-bond acceptors (Lipinski definition) is 4. The van der Waals surface area contributed by atoms with Crippen molar-refractivity contribution in [1.29, 1.82) is 0 Å². The fourth-order valence-electron chi connectivity index (χ4n) is 1.99. The van der Waals surface area contributed by atoms with Gasteiger partial charge >= 0.3 is 0 Å². The van der Waals surface area contributed by atoms with E-state index in [4.69, 9.17) is 11.5 Å². The van der Waals surface area contributed by atoms with E-state index in [1.807, 2.05) is 18.4 Å². The highest BCUT2D eigenvalue weighted by Crippen LogP contribution is 2.26. The molecule has 0 aromatic carbocycles. The van der Waals surface area contributed by atoms with E-state index in [2.05, 4.69) is 9.97 Å². The molecule has 0 aliphatic heterocycles. The summed E-state index contributed by atoms with van der Waals surface area (Å²) in [5, 5.41) is 0.856. The topological polar surface area (TPSA) is 99.8 Å². The van der Waals surface area contributed by atoms with Gasteiger partial charge in [-0.25, -0.2) is 9.97 Å². The van der Waals surface area contributed by atoms with Gasteiger partial charge in [-0.3, -0.25) is 4.79 Å². The Bertz CT molecular complexity index is 587. The van der Waals surface area contributed by atoms with Crippen molar-refractivity contribution in [3.8, 4) is 0 Å². The van der Waals surface area contributed by atoms with E-state index in [0.717, 1.165) is 22.3 Å². The summed E-state index contributed by atoms with van der Waals surface area (Å²) in [4.78, 5) is 19.0. The molecule has 90 valence electrons. The average Bonchev–Trinajstić information content (AvgIpc) is 2.51. The Kier molecular flexibility index (Phi) is 2.71. The molecule has 6 nitrogen and oxygen atoms in total. The molecule has 0 bridgehead atoms. The number of fused-ring (bicyclic) bond motifs is 1. The van der Waals surface area contributed by atoms with E-state index in [1.54, 1.807) is 0 Å². The van der Waals surface area contributed by atoms with Gasteiger partial charge in [-0.2, -0.15) is 0 Å². The molecule has 0 radical (unpaired) electrons. The first-order chi connectivity index (χ1) is 8.02. The molecule has 0 unspecified atom stereocenters. The highest BCUT2D eigenvalue weighted by atomic mass is 16.1. The van der Waals surface area contributed by atoms with Gasteiger partial charge < -0.3 is 16.0 Å². The summed E-state index contributed by atoms with van der Waals surface area (Å²) in [5.74, 6) is 0.138. The van der Waals surface area contributed by atoms with Crippen molar-refractivity contribution < 1.29 is 4.79 Å². The third-order valence-electron chi connectivity index (χ3n) is 3.02. The number of amides is 1. The number of nitrogen functional groups attached to an aromatic ring is 1. The number of aromatic nitrogens is 3. The Hall–Kier alpha value is -2.11. The van der Waals surface area contributed by atoms with Gasteiger partial charge in [-0.1, -0.05) is 0 Å². The van der Waals surface area contributed by atoms with Gasteiger partial charge in [-0.15, -0.1) is 0 Å². The molecular formula is C11H15N5O. The number of carbonyl (C=O) groups is 1. The number of primary amides is 1. The minimum absolute atomic E-state index is 0.286. The molecule has 0 fully saturated rings. The van der Waals surface area contributed by atoms with Crippen LogP contribution >= 0.6 is 0 Å². The van der Waals surface area contributed by atoms with E-state index < -0.39 is 0 Å². The molecule has 2 aromatic rings. The summed E-state index contributed by atoms with van der Waals surface area (Å²) in [6, 6.07) is 0. The SMILES string of the molecule is Cc1c(C)n(CCC(N)=O)c2ncnc(N)c12. The lowest BCUT2D eigenvalue weighted by atomic mass is 10.2. The first-order valence-electron chi connectivity index (χ1n) is 5.36. The minimum atomic E-state index is -0.328. The molecule has 6 heteroatoms. The molecule has 1 amide bonds. The maximum atomic E-state index is 10.8.